The third-order valence-corrected chi connectivity index (χ3v) is 6.62. The van der Waals surface area contributed by atoms with E-state index >= 15 is 0 Å². The van der Waals surface area contributed by atoms with E-state index in [2.05, 4.69) is 15.2 Å². The predicted octanol–water partition coefficient (Wildman–Crippen LogP) is 0.731. The van der Waals surface area contributed by atoms with Gasteiger partial charge in [-0.2, -0.15) is 0 Å². The average molecular weight is 504 g/mol. The number of morpholine rings is 1. The van der Waals surface area contributed by atoms with Crippen molar-refractivity contribution >= 4 is 40.0 Å². The molecule has 10 heteroatoms. The van der Waals surface area contributed by atoms with Crippen molar-refractivity contribution in [2.24, 2.45) is 4.99 Å². The van der Waals surface area contributed by atoms with Crippen LogP contribution in [0.4, 0.5) is 0 Å². The molecule has 0 radical (unpaired) electrons. The molecular weight excluding hydrogens is 471 g/mol. The zero-order valence-electron chi connectivity index (χ0n) is 16.0. The van der Waals surface area contributed by atoms with E-state index in [1.54, 1.807) is 21.0 Å². The van der Waals surface area contributed by atoms with Crippen LogP contribution in [0.25, 0.3) is 0 Å². The van der Waals surface area contributed by atoms with Gasteiger partial charge in [0.25, 0.3) is 0 Å². The second kappa shape index (κ2) is 11.6. The first-order valence-corrected chi connectivity index (χ1v) is 10.7. The molecule has 2 unspecified atom stereocenters. The predicted molar refractivity (Wildman–Crippen MR) is 114 cm³/mol. The Morgan fingerprint density at radius 1 is 1.31 bits per heavy atom. The van der Waals surface area contributed by atoms with Crippen LogP contribution in [0.1, 0.15) is 26.2 Å². The fraction of sp³-hybridized carbons (Fsp3) is 0.938. The normalized spacial score (nSPS) is 24.6. The molecule has 0 amide bonds. The highest BCUT2D eigenvalue weighted by atomic mass is 127. The summed E-state index contributed by atoms with van der Waals surface area (Å²) >= 11 is 0. The maximum Gasteiger partial charge on any atom is 0.213 e. The van der Waals surface area contributed by atoms with Gasteiger partial charge in [0.05, 0.1) is 18.5 Å². The standard InChI is InChI=1S/C16H32N4O4S.HI/c1-4-25(21,22)19(3)9-6-8-18-16(17-2)20-10-12-24-15(13-20)14-7-5-11-23-14;/h14-15H,4-13H2,1-3H3,(H,17,18);1H. The molecule has 0 aromatic rings. The summed E-state index contributed by atoms with van der Waals surface area (Å²) in [7, 11) is 0.290. The van der Waals surface area contributed by atoms with Gasteiger partial charge in [-0.05, 0) is 26.2 Å². The number of nitrogens with one attached hydrogen (secondary N) is 1. The number of halogens is 1. The molecule has 0 spiro atoms. The Hall–Kier alpha value is -0.170. The first-order chi connectivity index (χ1) is 12.0. The molecule has 1 N–H and O–H groups in total. The number of sulfonamides is 1. The van der Waals surface area contributed by atoms with Crippen molar-refractivity contribution in [1.29, 1.82) is 0 Å². The molecule has 26 heavy (non-hydrogen) atoms. The van der Waals surface area contributed by atoms with Crippen LogP contribution < -0.4 is 5.32 Å². The van der Waals surface area contributed by atoms with Gasteiger partial charge in [-0.25, -0.2) is 12.7 Å². The fourth-order valence-electron chi connectivity index (χ4n) is 3.18. The van der Waals surface area contributed by atoms with E-state index in [1.807, 2.05) is 0 Å². The summed E-state index contributed by atoms with van der Waals surface area (Å²) in [5.74, 6) is 0.976. The van der Waals surface area contributed by atoms with E-state index in [0.29, 0.717) is 19.7 Å². The van der Waals surface area contributed by atoms with Crippen LogP contribution >= 0.6 is 24.0 Å². The number of hydrogen-bond donors (Lipinski definition) is 1. The highest BCUT2D eigenvalue weighted by molar-refractivity contribution is 14.0. The molecule has 0 saturated carbocycles. The molecular formula is C16H33IN4O4S. The number of nitrogens with zero attached hydrogens (tertiary/aromatic N) is 3. The van der Waals surface area contributed by atoms with Crippen LogP contribution in [-0.2, 0) is 19.5 Å². The maximum absolute atomic E-state index is 11.7. The van der Waals surface area contributed by atoms with Crippen molar-refractivity contribution in [2.45, 2.75) is 38.4 Å². The largest absolute Gasteiger partial charge is 0.375 e. The van der Waals surface area contributed by atoms with Crippen molar-refractivity contribution in [3.8, 4) is 0 Å². The topological polar surface area (TPSA) is 83.5 Å². The molecule has 0 aliphatic carbocycles. The van der Waals surface area contributed by atoms with Crippen LogP contribution in [0.5, 0.6) is 0 Å². The molecule has 2 rings (SSSR count). The Balaban J connectivity index is 0.00000338. The Kier molecular flexibility index (Phi) is 10.7. The molecule has 0 aromatic carbocycles. The van der Waals surface area contributed by atoms with Crippen molar-refractivity contribution in [3.05, 3.63) is 0 Å². The monoisotopic (exact) mass is 504 g/mol. The molecule has 2 saturated heterocycles. The zero-order chi connectivity index (χ0) is 18.3. The minimum Gasteiger partial charge on any atom is -0.375 e. The van der Waals surface area contributed by atoms with E-state index in [-0.39, 0.29) is 41.9 Å². The van der Waals surface area contributed by atoms with E-state index < -0.39 is 10.0 Å². The second-order valence-electron chi connectivity index (χ2n) is 6.46. The number of guanidine groups is 1. The van der Waals surface area contributed by atoms with Crippen molar-refractivity contribution in [1.82, 2.24) is 14.5 Å². The Morgan fingerprint density at radius 3 is 2.65 bits per heavy atom. The number of ether oxygens (including phenoxy) is 2. The van der Waals surface area contributed by atoms with E-state index in [1.165, 1.54) is 4.31 Å². The summed E-state index contributed by atoms with van der Waals surface area (Å²) in [6, 6.07) is 0. The van der Waals surface area contributed by atoms with E-state index in [0.717, 1.165) is 44.9 Å². The molecule has 0 bridgehead atoms. The molecule has 2 aliphatic rings. The fourth-order valence-corrected chi connectivity index (χ4v) is 4.03. The molecule has 2 atom stereocenters. The lowest BCUT2D eigenvalue weighted by Gasteiger charge is -2.37. The van der Waals surface area contributed by atoms with Crippen LogP contribution in [0, 0.1) is 0 Å². The highest BCUT2D eigenvalue weighted by Gasteiger charge is 2.32. The molecule has 154 valence electrons. The summed E-state index contributed by atoms with van der Waals surface area (Å²) in [6.45, 7) is 5.91. The van der Waals surface area contributed by atoms with Crippen LogP contribution in [-0.4, -0.2) is 95.0 Å². The first kappa shape index (κ1) is 23.9. The average Bonchev–Trinajstić information content (AvgIpc) is 3.16. The SMILES string of the molecule is CCS(=O)(=O)N(C)CCCNC(=NC)N1CCOC(C2CCCO2)C1.I. The lowest BCUT2D eigenvalue weighted by atomic mass is 10.1. The number of aliphatic imine (C=N–C) groups is 1. The summed E-state index contributed by atoms with van der Waals surface area (Å²) in [5.41, 5.74) is 0. The molecule has 0 aromatic heterocycles. The smallest absolute Gasteiger partial charge is 0.213 e. The van der Waals surface area contributed by atoms with E-state index in [9.17, 15) is 8.42 Å². The van der Waals surface area contributed by atoms with Gasteiger partial charge in [-0.1, -0.05) is 0 Å². The first-order valence-electron chi connectivity index (χ1n) is 9.10. The highest BCUT2D eigenvalue weighted by Crippen LogP contribution is 2.21. The van der Waals surface area contributed by atoms with Gasteiger partial charge in [0, 0.05) is 46.9 Å². The van der Waals surface area contributed by atoms with Crippen LogP contribution in [0.15, 0.2) is 4.99 Å². The van der Waals surface area contributed by atoms with Gasteiger partial charge in [-0.15, -0.1) is 24.0 Å². The molecule has 2 aliphatic heterocycles. The summed E-state index contributed by atoms with van der Waals surface area (Å²) < 4.78 is 36.5. The summed E-state index contributed by atoms with van der Waals surface area (Å²) in [6.07, 6.45) is 3.17. The van der Waals surface area contributed by atoms with Gasteiger partial charge in [0.15, 0.2) is 5.96 Å². The van der Waals surface area contributed by atoms with Crippen molar-refractivity contribution in [3.63, 3.8) is 0 Å². The zero-order valence-corrected chi connectivity index (χ0v) is 19.2. The maximum atomic E-state index is 11.7. The quantitative estimate of drug-likeness (QED) is 0.238. The molecule has 2 heterocycles. The van der Waals surface area contributed by atoms with Crippen molar-refractivity contribution in [2.75, 3.05) is 59.2 Å². The van der Waals surface area contributed by atoms with Crippen molar-refractivity contribution < 1.29 is 17.9 Å². The third-order valence-electron chi connectivity index (χ3n) is 4.76. The number of rotatable bonds is 7. The second-order valence-corrected chi connectivity index (χ2v) is 8.82. The third kappa shape index (κ3) is 6.77. The minimum absolute atomic E-state index is 0. The Morgan fingerprint density at radius 2 is 2.04 bits per heavy atom. The molecule has 2 fully saturated rings. The minimum atomic E-state index is -3.11. The lowest BCUT2D eigenvalue weighted by molar-refractivity contribution is -0.0816. The number of hydrogen-bond acceptors (Lipinski definition) is 5. The van der Waals surface area contributed by atoms with Gasteiger partial charge in [0.1, 0.15) is 6.10 Å². The van der Waals surface area contributed by atoms with Crippen LogP contribution in [0.3, 0.4) is 0 Å². The summed E-state index contributed by atoms with van der Waals surface area (Å²) in [5, 5.41) is 3.33. The van der Waals surface area contributed by atoms with Gasteiger partial charge in [0.2, 0.25) is 10.0 Å². The summed E-state index contributed by atoms with van der Waals surface area (Å²) in [4.78, 5) is 6.55. The Labute approximate surface area is 174 Å². The van der Waals surface area contributed by atoms with Crippen LogP contribution in [0.2, 0.25) is 0 Å². The Bertz CT molecular complexity index is 540. The van der Waals surface area contributed by atoms with Gasteiger partial charge < -0.3 is 19.7 Å². The van der Waals surface area contributed by atoms with E-state index in [4.69, 9.17) is 9.47 Å². The lowest BCUT2D eigenvalue weighted by Crippen LogP contribution is -2.53. The molecule has 8 nitrogen and oxygen atoms in total. The van der Waals surface area contributed by atoms with Gasteiger partial charge in [-0.3, -0.25) is 4.99 Å². The van der Waals surface area contributed by atoms with Gasteiger partial charge >= 0.3 is 0 Å².